The Morgan fingerprint density at radius 2 is 1.46 bits per heavy atom. The van der Waals surface area contributed by atoms with Crippen molar-refractivity contribution in [3.63, 3.8) is 0 Å². The molecule has 1 aliphatic rings. The Hall–Kier alpha value is -0.160. The van der Waals surface area contributed by atoms with E-state index in [1.807, 2.05) is 12.1 Å². The summed E-state index contributed by atoms with van der Waals surface area (Å²) in [6.07, 6.45) is 6.49. The zero-order chi connectivity index (χ0) is 17.7. The van der Waals surface area contributed by atoms with Crippen molar-refractivity contribution in [2.75, 3.05) is 18.4 Å². The van der Waals surface area contributed by atoms with Gasteiger partial charge in [0, 0.05) is 11.9 Å². The molecule has 2 nitrogen and oxygen atoms in total. The topological polar surface area (TPSA) is 23.5 Å². The molecule has 0 atom stereocenters. The number of hydrogen-bond acceptors (Lipinski definition) is 2. The Bertz CT molecular complexity index is 577. The van der Waals surface area contributed by atoms with Gasteiger partial charge in [-0.15, -0.1) is 0 Å². The fraction of sp³-hybridized carbons (Fsp3) is 0.455. The first-order valence-electron chi connectivity index (χ1n) is 9.32. The van der Waals surface area contributed by atoms with Gasteiger partial charge in [-0.25, -0.2) is 0 Å². The zero-order valence-corrected chi connectivity index (χ0v) is 19.6. The first kappa shape index (κ1) is 23.9. The Kier molecular flexibility index (Phi) is 13.6. The third-order valence-electron chi connectivity index (χ3n) is 4.50. The van der Waals surface area contributed by atoms with E-state index in [0.717, 1.165) is 17.4 Å². The van der Waals surface area contributed by atoms with Gasteiger partial charge in [0.05, 0.1) is 6.61 Å². The summed E-state index contributed by atoms with van der Waals surface area (Å²) in [5.41, 5.74) is 3.79. The molecule has 1 saturated heterocycles. The molecular weight excluding hydrogens is 397 g/mol. The summed E-state index contributed by atoms with van der Waals surface area (Å²) in [5, 5.41) is 10.0. The summed E-state index contributed by atoms with van der Waals surface area (Å²) in [6, 6.07) is 18.8. The minimum absolute atomic E-state index is 0. The molecule has 1 fully saturated rings. The van der Waals surface area contributed by atoms with Crippen LogP contribution < -0.4 is 29.6 Å². The molecule has 0 aliphatic carbocycles. The van der Waals surface area contributed by atoms with Gasteiger partial charge in [0.2, 0.25) is 0 Å². The van der Waals surface area contributed by atoms with Gasteiger partial charge in [-0.2, -0.15) is 0 Å². The van der Waals surface area contributed by atoms with Crippen molar-refractivity contribution in [1.29, 1.82) is 0 Å². The van der Waals surface area contributed by atoms with Gasteiger partial charge < -0.3 is 6.53 Å². The second-order valence-corrected chi connectivity index (χ2v) is 7.38. The molecular formula is C22H31BrNNaO. The molecule has 0 spiro atoms. The van der Waals surface area contributed by atoms with Gasteiger partial charge in [-0.05, 0) is 55.5 Å². The number of piperidine rings is 1. The van der Waals surface area contributed by atoms with Gasteiger partial charge in [0.25, 0.3) is 0 Å². The molecule has 26 heavy (non-hydrogen) atoms. The van der Waals surface area contributed by atoms with Gasteiger partial charge in [0.15, 0.2) is 0 Å². The first-order valence-corrected chi connectivity index (χ1v) is 10.4. The van der Waals surface area contributed by atoms with Gasteiger partial charge >= 0.3 is 29.6 Å². The van der Waals surface area contributed by atoms with E-state index in [0.29, 0.717) is 0 Å². The number of halogens is 1. The average molecular weight is 428 g/mol. The number of nitrogens with zero attached hydrogens (tertiary/aromatic N) is 1. The predicted octanol–water partition coefficient (Wildman–Crippen LogP) is 2.30. The number of rotatable bonds is 6. The van der Waals surface area contributed by atoms with Crippen molar-refractivity contribution < 1.29 is 36.1 Å². The number of alkyl halides is 1. The molecule has 1 heterocycles. The molecule has 0 aromatic heterocycles. The van der Waals surface area contributed by atoms with Gasteiger partial charge in [-0.3, -0.25) is 4.90 Å². The molecule has 4 heteroatoms. The maximum Gasteiger partial charge on any atom is 1.00 e. The molecule has 0 saturated carbocycles. The van der Waals surface area contributed by atoms with Crippen molar-refractivity contribution in [2.24, 2.45) is 0 Å². The third kappa shape index (κ3) is 9.68. The van der Waals surface area contributed by atoms with E-state index in [1.54, 1.807) is 0 Å². The molecule has 0 unspecified atom stereocenters. The van der Waals surface area contributed by atoms with Crippen LogP contribution in [0.4, 0.5) is 0 Å². The minimum Gasteiger partial charge on any atom is -1.00 e. The predicted molar refractivity (Wildman–Crippen MR) is 111 cm³/mol. The van der Waals surface area contributed by atoms with Crippen molar-refractivity contribution in [3.05, 3.63) is 71.3 Å². The molecule has 0 amide bonds. The van der Waals surface area contributed by atoms with Crippen molar-refractivity contribution in [2.45, 2.75) is 45.3 Å². The van der Waals surface area contributed by atoms with Crippen LogP contribution in [0.15, 0.2) is 54.6 Å². The normalized spacial score (nSPS) is 14.1. The smallest absolute Gasteiger partial charge is 1.00 e. The summed E-state index contributed by atoms with van der Waals surface area (Å²) < 4.78 is 0. The monoisotopic (exact) mass is 427 g/mol. The van der Waals surface area contributed by atoms with Crippen molar-refractivity contribution >= 4 is 15.9 Å². The van der Waals surface area contributed by atoms with Crippen LogP contribution in [0, 0.1) is 0 Å². The molecule has 0 radical (unpaired) electrons. The first-order chi connectivity index (χ1) is 12.3. The number of aliphatic hydroxyl groups excluding tert-OH is 1. The molecule has 0 bridgehead atoms. The third-order valence-corrected chi connectivity index (χ3v) is 5.06. The van der Waals surface area contributed by atoms with E-state index in [1.165, 1.54) is 56.3 Å². The van der Waals surface area contributed by atoms with E-state index >= 15 is 0 Å². The van der Waals surface area contributed by atoms with Crippen LogP contribution >= 0.6 is 15.9 Å². The van der Waals surface area contributed by atoms with Crippen LogP contribution in [0.25, 0.3) is 0 Å². The molecule has 3 rings (SSSR count). The van der Waals surface area contributed by atoms with Gasteiger partial charge in [-0.1, -0.05) is 76.9 Å². The second kappa shape index (κ2) is 14.8. The molecule has 1 N–H and O–H groups in total. The van der Waals surface area contributed by atoms with E-state index < -0.39 is 0 Å². The Balaban J connectivity index is 0.000000500. The van der Waals surface area contributed by atoms with Crippen LogP contribution in [-0.4, -0.2) is 28.4 Å². The van der Waals surface area contributed by atoms with Crippen LogP contribution in [0.3, 0.4) is 0 Å². The zero-order valence-electron chi connectivity index (χ0n) is 17.0. The Morgan fingerprint density at radius 1 is 0.846 bits per heavy atom. The largest absolute Gasteiger partial charge is 1.00 e. The summed E-state index contributed by atoms with van der Waals surface area (Å²) in [4.78, 5) is 2.51. The fourth-order valence-electron chi connectivity index (χ4n) is 3.04. The summed E-state index contributed by atoms with van der Waals surface area (Å²) in [7, 11) is 0. The SMILES string of the molecule is BrCCCc1ccccc1.OCc1ccc(CN2CCCCC2)cc1.[H-].[Na+]. The molecule has 138 valence electrons. The second-order valence-electron chi connectivity index (χ2n) is 6.59. The van der Waals surface area contributed by atoms with Gasteiger partial charge in [0.1, 0.15) is 0 Å². The van der Waals surface area contributed by atoms with Crippen molar-refractivity contribution in [1.82, 2.24) is 4.90 Å². The fourth-order valence-corrected chi connectivity index (χ4v) is 3.32. The number of aliphatic hydroxyl groups is 1. The van der Waals surface area contributed by atoms with E-state index in [-0.39, 0.29) is 37.6 Å². The molecule has 2 aromatic carbocycles. The average Bonchev–Trinajstić information content (AvgIpc) is 2.69. The molecule has 2 aromatic rings. The number of aryl methyl sites for hydroxylation is 1. The summed E-state index contributed by atoms with van der Waals surface area (Å²) in [6.45, 7) is 3.68. The van der Waals surface area contributed by atoms with Crippen molar-refractivity contribution in [3.8, 4) is 0 Å². The van der Waals surface area contributed by atoms with E-state index in [4.69, 9.17) is 5.11 Å². The Morgan fingerprint density at radius 3 is 2.04 bits per heavy atom. The maximum atomic E-state index is 8.94. The number of hydrogen-bond donors (Lipinski definition) is 1. The number of likely N-dealkylation sites (tertiary alicyclic amines) is 1. The molecule has 1 aliphatic heterocycles. The van der Waals surface area contributed by atoms with Crippen LogP contribution in [-0.2, 0) is 19.6 Å². The summed E-state index contributed by atoms with van der Waals surface area (Å²) >= 11 is 3.41. The van der Waals surface area contributed by atoms with Crippen LogP contribution in [0.5, 0.6) is 0 Å². The quantitative estimate of drug-likeness (QED) is 0.564. The van der Waals surface area contributed by atoms with E-state index in [2.05, 4.69) is 63.3 Å². The minimum atomic E-state index is 0. The van der Waals surface area contributed by atoms with E-state index in [9.17, 15) is 0 Å². The Labute approximate surface area is 190 Å². The standard InChI is InChI=1S/C13H19NO.C9H11Br.Na.H/c15-11-13-6-4-12(5-7-13)10-14-8-2-1-3-9-14;10-8-4-7-9-5-2-1-3-6-9;;/h4-7,15H,1-3,8-11H2;1-3,5-6H,4,7-8H2;;/q;;+1;-1. The maximum absolute atomic E-state index is 8.94. The van der Waals surface area contributed by atoms with Crippen LogP contribution in [0.1, 0.15) is 43.8 Å². The van der Waals surface area contributed by atoms with Crippen LogP contribution in [0.2, 0.25) is 0 Å². The summed E-state index contributed by atoms with van der Waals surface area (Å²) in [5.74, 6) is 0. The number of benzene rings is 2.